The van der Waals surface area contributed by atoms with Gasteiger partial charge in [0, 0.05) is 69.7 Å². The number of thioether (sulfide) groups is 1. The number of H-pyrrole nitrogens is 1. The van der Waals surface area contributed by atoms with Gasteiger partial charge in [-0.2, -0.15) is 67.4 Å². The number of hydrogen-bond donors (Lipinski definition) is 8. The number of aromatic amines is 1. The van der Waals surface area contributed by atoms with E-state index in [-0.39, 0.29) is 73.4 Å². The number of aromatic nitrogens is 13. The zero-order valence-corrected chi connectivity index (χ0v) is 69.3. The summed E-state index contributed by atoms with van der Waals surface area (Å²) >= 11 is 1.35. The minimum absolute atomic E-state index is 0.0120. The predicted octanol–water partition coefficient (Wildman–Crippen LogP) is 17.6. The second kappa shape index (κ2) is 39.4. The number of imidazole rings is 1. The van der Waals surface area contributed by atoms with Crippen LogP contribution in [0.25, 0.3) is 34.0 Å². The SMILES string of the molecule is CCS(=O)(=O)c1ccc(Nc2cccc(C(F)(F)F)c2)c(-c2cn(C)cn2)c1.COC(=O)c1ccc(Nc2cccc(C(F)(F)F)c2)c(-c2nnn(C)n2)c1.Cn1nnc(-c2cc(C(=O)O)ccc2Nc2cccc(C(F)(F)F)c2)n1.O=C(CSc1ncn[nH]1)Nc1ccc(C23CC4CC(CC(C4)C2)C3)cc1.OB(O)c1cccc(Oc2cccc(C(F)(F)F)c2)c1. The predicted molar refractivity (Wildman–Crippen MR) is 447 cm³/mol. The molecule has 9 aromatic carbocycles. The number of esters is 1. The zero-order chi connectivity index (χ0) is 91.3. The number of aryl methyl sites for hydroxylation is 3. The lowest BCUT2D eigenvalue weighted by atomic mass is 9.48. The number of carboxylic acids is 1. The first-order valence-electron chi connectivity index (χ1n) is 38.6. The summed E-state index contributed by atoms with van der Waals surface area (Å²) in [5.74, 6) is 1.97. The molecular weight excluding hydrogens is 1720 g/mol. The van der Waals surface area contributed by atoms with Gasteiger partial charge in [0.2, 0.25) is 17.6 Å². The van der Waals surface area contributed by atoms with Gasteiger partial charge in [0.05, 0.1) is 83.0 Å². The number of ether oxygens (including phenoxy) is 2. The van der Waals surface area contributed by atoms with Crippen LogP contribution >= 0.6 is 11.8 Å². The van der Waals surface area contributed by atoms with E-state index in [4.69, 9.17) is 24.6 Å². The first kappa shape index (κ1) is 92.7. The maximum absolute atomic E-state index is 13.0. The highest BCUT2D eigenvalue weighted by molar-refractivity contribution is 7.99. The Labute approximate surface area is 721 Å². The molecule has 4 heterocycles. The van der Waals surface area contributed by atoms with Crippen molar-refractivity contribution in [2.75, 3.05) is 39.9 Å². The molecule has 0 aliphatic heterocycles. The van der Waals surface area contributed by atoms with E-state index in [1.807, 2.05) is 0 Å². The van der Waals surface area contributed by atoms with Crippen molar-refractivity contribution >= 4 is 91.8 Å². The van der Waals surface area contributed by atoms with Crippen LogP contribution in [0.15, 0.2) is 229 Å². The molecule has 4 saturated carbocycles. The van der Waals surface area contributed by atoms with Crippen molar-refractivity contribution in [3.63, 3.8) is 0 Å². The number of nitrogens with zero attached hydrogens (tertiary/aromatic N) is 12. The summed E-state index contributed by atoms with van der Waals surface area (Å²) in [5.41, 5.74) is 3.57. The van der Waals surface area contributed by atoms with Gasteiger partial charge in [0.25, 0.3) is 0 Å². The maximum atomic E-state index is 13.0. The molecule has 0 spiro atoms. The Bertz CT molecular complexity index is 6120. The molecule has 0 atom stereocenters. The molecule has 127 heavy (non-hydrogen) atoms. The Morgan fingerprint density at radius 1 is 0.559 bits per heavy atom. The molecule has 13 aromatic rings. The second-order valence-corrected chi connectivity index (χ2v) is 32.9. The fraction of sp³-hybridized carbons (Fsp3) is 0.247. The van der Waals surface area contributed by atoms with E-state index >= 15 is 0 Å². The molecular formula is C85H78BF12N17O10S2. The molecule has 27 nitrogen and oxygen atoms in total. The van der Waals surface area contributed by atoms with Crippen molar-refractivity contribution in [1.29, 1.82) is 0 Å². The number of alkyl halides is 12. The third kappa shape index (κ3) is 24.6. The lowest BCUT2D eigenvalue weighted by Gasteiger charge is -2.57. The number of benzene rings is 9. The fourth-order valence-corrected chi connectivity index (χ4v) is 16.4. The molecule has 0 unspecified atom stereocenters. The number of carbonyl (C=O) groups is 3. The number of sulfone groups is 1. The number of methoxy groups -OCH3 is 1. The zero-order valence-electron chi connectivity index (χ0n) is 67.7. The average molecular weight is 1800 g/mol. The number of rotatable bonds is 21. The lowest BCUT2D eigenvalue weighted by molar-refractivity contribution is -0.138. The van der Waals surface area contributed by atoms with Crippen molar-refractivity contribution in [2.24, 2.45) is 38.9 Å². The third-order valence-electron chi connectivity index (χ3n) is 20.4. The summed E-state index contributed by atoms with van der Waals surface area (Å²) in [7, 11) is 1.01. The molecule has 1 amide bonds. The van der Waals surface area contributed by atoms with E-state index in [1.54, 1.807) is 38.1 Å². The van der Waals surface area contributed by atoms with Crippen LogP contribution in [0.5, 0.6) is 11.5 Å². The van der Waals surface area contributed by atoms with Crippen LogP contribution in [-0.4, -0.2) is 132 Å². The highest BCUT2D eigenvalue weighted by atomic mass is 32.2. The van der Waals surface area contributed by atoms with Gasteiger partial charge in [-0.25, -0.2) is 28.0 Å². The third-order valence-corrected chi connectivity index (χ3v) is 23.0. The molecule has 0 radical (unpaired) electrons. The van der Waals surface area contributed by atoms with Gasteiger partial charge in [-0.1, -0.05) is 67.2 Å². The Hall–Kier alpha value is -13.5. The van der Waals surface area contributed by atoms with Gasteiger partial charge in [0.1, 0.15) is 17.8 Å². The molecule has 8 N–H and O–H groups in total. The summed E-state index contributed by atoms with van der Waals surface area (Å²) < 4.78 is 190. The van der Waals surface area contributed by atoms with Crippen molar-refractivity contribution in [2.45, 2.75) is 85.6 Å². The van der Waals surface area contributed by atoms with Crippen LogP contribution in [-0.2, 0) is 70.6 Å². The van der Waals surface area contributed by atoms with Crippen LogP contribution in [0, 0.1) is 17.8 Å². The summed E-state index contributed by atoms with van der Waals surface area (Å²) in [6, 6.07) is 46.2. The number of aromatic carboxylic acids is 1. The van der Waals surface area contributed by atoms with Gasteiger partial charge in [0.15, 0.2) is 15.0 Å². The van der Waals surface area contributed by atoms with E-state index in [1.165, 1.54) is 213 Å². The first-order valence-corrected chi connectivity index (χ1v) is 41.3. The molecule has 0 saturated heterocycles. The highest BCUT2D eigenvalue weighted by Crippen LogP contribution is 2.61. The lowest BCUT2D eigenvalue weighted by Crippen LogP contribution is -2.48. The number of carboxylic acid groups (broad SMARTS) is 1. The van der Waals surface area contributed by atoms with Gasteiger partial charge in [-0.3, -0.25) is 9.89 Å². The normalized spacial score (nSPS) is 15.7. The molecule has 4 fully saturated rings. The number of hydrogen-bond acceptors (Lipinski definition) is 22. The van der Waals surface area contributed by atoms with E-state index in [2.05, 4.69) is 96.5 Å². The maximum Gasteiger partial charge on any atom is 0.488 e. The van der Waals surface area contributed by atoms with Crippen molar-refractivity contribution in [1.82, 2.24) is 65.1 Å². The summed E-state index contributed by atoms with van der Waals surface area (Å²) in [4.78, 5) is 45.9. The van der Waals surface area contributed by atoms with Gasteiger partial charge in [-0.05, 0) is 235 Å². The Balaban J connectivity index is 0.000000145. The molecule has 662 valence electrons. The molecule has 42 heteroatoms. The average Bonchev–Trinajstić information content (AvgIpc) is 1.52. The summed E-state index contributed by atoms with van der Waals surface area (Å²) in [6.07, 6.45) is -4.59. The Kier molecular flexibility index (Phi) is 28.7. The number of carbonyl (C=O) groups excluding carboxylic acids is 2. The van der Waals surface area contributed by atoms with Crippen LogP contribution in [0.4, 0.5) is 92.5 Å². The minimum atomic E-state index is -4.47. The van der Waals surface area contributed by atoms with Crippen LogP contribution in [0.2, 0.25) is 0 Å². The largest absolute Gasteiger partial charge is 0.488 e. The van der Waals surface area contributed by atoms with Crippen molar-refractivity contribution < 1.29 is 100 Å². The van der Waals surface area contributed by atoms with Gasteiger partial charge in [-0.15, -0.1) is 20.4 Å². The van der Waals surface area contributed by atoms with E-state index in [9.17, 15) is 75.5 Å². The smallest absolute Gasteiger partial charge is 0.478 e. The topological polar surface area (TPSA) is 359 Å². The summed E-state index contributed by atoms with van der Waals surface area (Å²) in [6.45, 7) is 1.55. The highest BCUT2D eigenvalue weighted by Gasteiger charge is 2.51. The Morgan fingerprint density at radius 2 is 1.02 bits per heavy atom. The molecule has 4 aliphatic rings. The van der Waals surface area contributed by atoms with Crippen LogP contribution in [0.1, 0.15) is 94.0 Å². The summed E-state index contributed by atoms with van der Waals surface area (Å²) in [5, 5.41) is 69.4. The number of amides is 1. The van der Waals surface area contributed by atoms with Crippen molar-refractivity contribution in [3.05, 3.63) is 258 Å². The van der Waals surface area contributed by atoms with Crippen molar-refractivity contribution in [3.8, 4) is 45.5 Å². The molecule has 17 rings (SSSR count). The van der Waals surface area contributed by atoms with E-state index < -0.39 is 75.9 Å². The van der Waals surface area contributed by atoms with Gasteiger partial charge < -0.3 is 50.5 Å². The second-order valence-electron chi connectivity index (χ2n) is 29.6. The number of anilines is 7. The standard InChI is InChI=1S/C20H24N4OS.C19H18F3N3O2S.C17H14F3N5O2.C16H12F3N5O2.C13H10BF3O3/c25-18(11-26-19-21-12-22-24-19)23-17-3-1-16(2-4-17)20-8-13-5-14(9-20)7-15(6-13)10-20;1-3-28(26,27)15-7-8-17(16(10-15)18-11-25(2)12-23-18)24-14-6-4-5-13(9-14)19(20,21)22;1-25-23-15(22-24-25)13-8-10(16(26)27-2)6-7-14(13)21-12-5-3-4-11(9-12)17(18,19)20;1-24-22-14(21-23-24)12-7-9(15(25)26)5-6-13(12)20-11-4-2-3-10(8-11)16(17,18)19;15-13(16,17)9-3-1-5-11(7-9)20-12-6-2-4-10(8-12)14(18)19/h1-4,12-15H,5-11H2,(H,23,25)(H,21,22,24);4-12,24H,3H2,1-2H3;3-9,21H,1-2H3;2-8,20H,1H3,(H,25,26);1-8,18-19H. The monoisotopic (exact) mass is 1800 g/mol. The number of nitrogens with one attached hydrogen (secondary N) is 5. The molecule has 4 aliphatic carbocycles. The fourth-order valence-electron chi connectivity index (χ4n) is 15.0. The van der Waals surface area contributed by atoms with E-state index in [0.29, 0.717) is 55.8 Å². The first-order chi connectivity index (χ1) is 60.2. The van der Waals surface area contributed by atoms with Gasteiger partial charge >= 0.3 is 43.8 Å². The Morgan fingerprint density at radius 3 is 1.46 bits per heavy atom. The molecule has 4 bridgehead atoms. The number of halogens is 12. The molecule has 4 aromatic heterocycles. The van der Waals surface area contributed by atoms with Crippen LogP contribution in [0.3, 0.4) is 0 Å². The minimum Gasteiger partial charge on any atom is -0.478 e. The van der Waals surface area contributed by atoms with E-state index in [0.717, 1.165) is 72.0 Å². The number of tetrazole rings is 2. The van der Waals surface area contributed by atoms with Crippen LogP contribution < -0.4 is 31.5 Å². The quantitative estimate of drug-likeness (QED) is 0.0143.